The number of anilines is 1. The first-order valence-corrected chi connectivity index (χ1v) is 10.1. The molecule has 1 saturated heterocycles. The summed E-state index contributed by atoms with van der Waals surface area (Å²) in [6.07, 6.45) is 3.83. The van der Waals surface area contributed by atoms with E-state index in [0.29, 0.717) is 17.7 Å². The van der Waals surface area contributed by atoms with E-state index in [4.69, 9.17) is 16.3 Å². The zero-order chi connectivity index (χ0) is 22.5. The molecule has 2 amide bonds. The second-order valence-electron chi connectivity index (χ2n) is 7.88. The molecule has 1 heterocycles. The highest BCUT2D eigenvalue weighted by atomic mass is 35.5. The van der Waals surface area contributed by atoms with E-state index < -0.39 is 34.9 Å². The van der Waals surface area contributed by atoms with E-state index in [1.54, 1.807) is 25.1 Å². The number of carbonyl (C=O) groups is 2. The minimum absolute atomic E-state index is 0.0394. The number of halogens is 2. The number of benzene rings is 2. The molecule has 0 spiro atoms. The van der Waals surface area contributed by atoms with E-state index in [9.17, 15) is 19.1 Å². The molecular weight excluding hydrogens is 421 g/mol. The van der Waals surface area contributed by atoms with Crippen molar-refractivity contribution in [3.63, 3.8) is 0 Å². The Morgan fingerprint density at radius 1 is 1.32 bits per heavy atom. The van der Waals surface area contributed by atoms with Crippen LogP contribution in [0, 0.1) is 17.2 Å². The van der Waals surface area contributed by atoms with E-state index in [1.807, 2.05) is 6.08 Å². The number of ether oxygens (including phenoxy) is 1. The second-order valence-corrected chi connectivity index (χ2v) is 8.29. The van der Waals surface area contributed by atoms with E-state index in [1.165, 1.54) is 25.3 Å². The molecule has 0 saturated carbocycles. The summed E-state index contributed by atoms with van der Waals surface area (Å²) < 4.78 is 19.2. The Kier molecular flexibility index (Phi) is 5.13. The number of imide groups is 1. The van der Waals surface area contributed by atoms with Gasteiger partial charge in [-0.15, -0.1) is 0 Å². The van der Waals surface area contributed by atoms with Crippen molar-refractivity contribution in [3.05, 3.63) is 77.1 Å². The van der Waals surface area contributed by atoms with Gasteiger partial charge in [0.25, 0.3) is 0 Å². The van der Waals surface area contributed by atoms with Gasteiger partial charge in [-0.1, -0.05) is 36.4 Å². The lowest BCUT2D eigenvalue weighted by Gasteiger charge is -2.40. The van der Waals surface area contributed by atoms with Crippen LogP contribution in [0.25, 0.3) is 0 Å². The third-order valence-electron chi connectivity index (χ3n) is 6.38. The molecule has 4 rings (SSSR count). The van der Waals surface area contributed by atoms with Crippen molar-refractivity contribution in [3.8, 4) is 11.5 Å². The highest BCUT2D eigenvalue weighted by Crippen LogP contribution is 2.59. The molecule has 1 N–H and O–H groups in total. The highest BCUT2D eigenvalue weighted by molar-refractivity contribution is 6.31. The van der Waals surface area contributed by atoms with E-state index >= 15 is 0 Å². The number of carbonyl (C=O) groups excluding carboxylic acids is 2. The van der Waals surface area contributed by atoms with Crippen LogP contribution in [-0.2, 0) is 9.59 Å². The van der Waals surface area contributed by atoms with Gasteiger partial charge in [-0.2, -0.15) is 0 Å². The highest BCUT2D eigenvalue weighted by Gasteiger charge is 2.62. The van der Waals surface area contributed by atoms with E-state index in [-0.39, 0.29) is 16.5 Å². The number of phenolic OH excluding ortho intramolecular Hbond substituents is 1. The molecule has 0 aromatic heterocycles. The third kappa shape index (κ3) is 2.97. The lowest BCUT2D eigenvalue weighted by atomic mass is 9.59. The maximum Gasteiger partial charge on any atom is 0.241 e. The van der Waals surface area contributed by atoms with Gasteiger partial charge < -0.3 is 9.84 Å². The largest absolute Gasteiger partial charge is 0.508 e. The predicted molar refractivity (Wildman–Crippen MR) is 116 cm³/mol. The third-order valence-corrected chi connectivity index (χ3v) is 6.67. The Bertz CT molecular complexity index is 1140. The summed E-state index contributed by atoms with van der Waals surface area (Å²) in [6.45, 7) is 5.59. The number of fused-ring (bicyclic) bond motifs is 1. The molecule has 2 aliphatic rings. The van der Waals surface area contributed by atoms with Crippen LogP contribution in [0.1, 0.15) is 24.8 Å². The van der Waals surface area contributed by atoms with Crippen LogP contribution in [0.3, 0.4) is 0 Å². The fraction of sp³-hybridized carbons (Fsp3) is 0.250. The molecule has 160 valence electrons. The quantitative estimate of drug-likeness (QED) is 0.679. The van der Waals surface area contributed by atoms with Crippen molar-refractivity contribution in [1.29, 1.82) is 0 Å². The molecule has 0 bridgehead atoms. The van der Waals surface area contributed by atoms with Crippen molar-refractivity contribution < 1.29 is 23.8 Å². The smallest absolute Gasteiger partial charge is 0.241 e. The number of hydrogen-bond donors (Lipinski definition) is 1. The van der Waals surface area contributed by atoms with Gasteiger partial charge in [-0.3, -0.25) is 9.59 Å². The first-order valence-electron chi connectivity index (χ1n) is 9.77. The summed E-state index contributed by atoms with van der Waals surface area (Å²) in [4.78, 5) is 28.3. The van der Waals surface area contributed by atoms with Crippen molar-refractivity contribution in [2.75, 3.05) is 12.0 Å². The Hall–Kier alpha value is -3.12. The van der Waals surface area contributed by atoms with Gasteiger partial charge >= 0.3 is 0 Å². The maximum atomic E-state index is 13.8. The van der Waals surface area contributed by atoms with Crippen LogP contribution in [0.4, 0.5) is 10.1 Å². The number of hydrogen-bond acceptors (Lipinski definition) is 4. The fourth-order valence-corrected chi connectivity index (χ4v) is 5.00. The molecular formula is C24H21ClFNO4. The number of rotatable bonds is 4. The molecule has 3 atom stereocenters. The molecule has 1 aliphatic heterocycles. The monoisotopic (exact) mass is 441 g/mol. The average molecular weight is 442 g/mol. The molecule has 2 aromatic rings. The fourth-order valence-electron chi connectivity index (χ4n) is 4.83. The lowest BCUT2D eigenvalue weighted by molar-refractivity contribution is -0.127. The topological polar surface area (TPSA) is 66.8 Å². The van der Waals surface area contributed by atoms with Crippen molar-refractivity contribution in [2.45, 2.75) is 19.3 Å². The number of aromatic hydroxyl groups is 1. The number of amides is 2. The standard InChI is InChI=1S/C24H21ClFNO4/c1-4-13-8-10-15-22(29)27(14-9-11-17(26)16(25)12-14)23(30)24(15,2)21(13)20-18(28)6-5-7-19(20)31-3/h4-9,11-12,15,21,28H,1,10H2,2-3H3/t15-,21+,24+/m0/s1. The minimum atomic E-state index is -1.22. The number of methoxy groups -OCH3 is 1. The first kappa shape index (κ1) is 21.1. The van der Waals surface area contributed by atoms with E-state index in [0.717, 1.165) is 16.5 Å². The normalized spacial score (nSPS) is 25.3. The summed E-state index contributed by atoms with van der Waals surface area (Å²) in [5, 5.41) is 10.5. The minimum Gasteiger partial charge on any atom is -0.508 e. The maximum absolute atomic E-state index is 13.8. The lowest BCUT2D eigenvalue weighted by Crippen LogP contribution is -2.41. The van der Waals surface area contributed by atoms with Gasteiger partial charge in [-0.05, 0) is 49.2 Å². The number of nitrogens with zero attached hydrogens (tertiary/aromatic N) is 1. The SMILES string of the molecule is C=CC1=CC[C@H]2C(=O)N(c3ccc(F)c(Cl)c3)C(=O)[C@@]2(C)[C@H]1c1c(O)cccc1OC. The average Bonchev–Trinajstić information content (AvgIpc) is 2.95. The number of allylic oxidation sites excluding steroid dienone is 3. The first-order chi connectivity index (χ1) is 14.7. The molecule has 2 aromatic carbocycles. The van der Waals surface area contributed by atoms with Crippen LogP contribution in [0.5, 0.6) is 11.5 Å². The predicted octanol–water partition coefficient (Wildman–Crippen LogP) is 4.99. The summed E-state index contributed by atoms with van der Waals surface area (Å²) in [5.74, 6) is -2.47. The summed E-state index contributed by atoms with van der Waals surface area (Å²) >= 11 is 5.91. The molecule has 1 fully saturated rings. The Morgan fingerprint density at radius 2 is 2.06 bits per heavy atom. The zero-order valence-electron chi connectivity index (χ0n) is 17.1. The Labute approximate surface area is 184 Å². The molecule has 0 radical (unpaired) electrons. The van der Waals surface area contributed by atoms with Crippen LogP contribution in [0.2, 0.25) is 5.02 Å². The summed E-state index contributed by atoms with van der Waals surface area (Å²) in [7, 11) is 1.48. The summed E-state index contributed by atoms with van der Waals surface area (Å²) in [5.41, 5.74) is 0.129. The van der Waals surface area contributed by atoms with Crippen LogP contribution < -0.4 is 9.64 Å². The molecule has 7 heteroatoms. The molecule has 31 heavy (non-hydrogen) atoms. The van der Waals surface area contributed by atoms with Crippen LogP contribution in [0.15, 0.2) is 60.7 Å². The second kappa shape index (κ2) is 7.54. The summed E-state index contributed by atoms with van der Waals surface area (Å²) in [6, 6.07) is 8.61. The molecule has 0 unspecified atom stereocenters. The van der Waals surface area contributed by atoms with Crippen LogP contribution in [-0.4, -0.2) is 24.0 Å². The Morgan fingerprint density at radius 3 is 2.71 bits per heavy atom. The van der Waals surface area contributed by atoms with Crippen molar-refractivity contribution in [2.24, 2.45) is 11.3 Å². The van der Waals surface area contributed by atoms with Crippen LogP contribution >= 0.6 is 11.6 Å². The molecule has 5 nitrogen and oxygen atoms in total. The Balaban J connectivity index is 1.92. The van der Waals surface area contributed by atoms with Gasteiger partial charge in [0, 0.05) is 11.5 Å². The van der Waals surface area contributed by atoms with Gasteiger partial charge in [0.05, 0.1) is 29.2 Å². The van der Waals surface area contributed by atoms with Gasteiger partial charge in [0.15, 0.2) is 0 Å². The van der Waals surface area contributed by atoms with Gasteiger partial charge in [0.1, 0.15) is 17.3 Å². The number of phenols is 1. The van der Waals surface area contributed by atoms with Gasteiger partial charge in [0.2, 0.25) is 11.8 Å². The van der Waals surface area contributed by atoms with Crippen molar-refractivity contribution in [1.82, 2.24) is 0 Å². The molecule has 1 aliphatic carbocycles. The zero-order valence-corrected chi connectivity index (χ0v) is 17.8. The van der Waals surface area contributed by atoms with Crippen molar-refractivity contribution >= 4 is 29.1 Å². The van der Waals surface area contributed by atoms with E-state index in [2.05, 4.69) is 6.58 Å². The van der Waals surface area contributed by atoms with Gasteiger partial charge in [-0.25, -0.2) is 9.29 Å².